The van der Waals surface area contributed by atoms with Crippen molar-refractivity contribution in [3.63, 3.8) is 0 Å². The molecule has 2 rings (SSSR count). The van der Waals surface area contributed by atoms with Gasteiger partial charge in [0.2, 0.25) is 0 Å². The molecule has 2 aromatic heterocycles. The zero-order valence-electron chi connectivity index (χ0n) is 9.24. The fourth-order valence-electron chi connectivity index (χ4n) is 1.61. The zero-order chi connectivity index (χ0) is 11.5. The van der Waals surface area contributed by atoms with Gasteiger partial charge in [-0.1, -0.05) is 0 Å². The Bertz CT molecular complexity index is 478. The minimum absolute atomic E-state index is 0.782. The first kappa shape index (κ1) is 11.3. The smallest absolute Gasteiger partial charge is 0.142 e. The van der Waals surface area contributed by atoms with Crippen molar-refractivity contribution in [3.8, 4) is 11.4 Å². The molecule has 0 unspecified atom stereocenters. The summed E-state index contributed by atoms with van der Waals surface area (Å²) >= 11 is 3.47. The molecule has 0 aliphatic rings. The van der Waals surface area contributed by atoms with Crippen LogP contribution in [0.4, 0.5) is 0 Å². The van der Waals surface area contributed by atoms with Crippen molar-refractivity contribution in [1.82, 2.24) is 19.9 Å². The maximum Gasteiger partial charge on any atom is 0.142 e. The van der Waals surface area contributed by atoms with Crippen LogP contribution in [0.3, 0.4) is 0 Å². The molecule has 16 heavy (non-hydrogen) atoms. The molecule has 0 fully saturated rings. The third-order valence-electron chi connectivity index (χ3n) is 2.43. The SMILES string of the molecule is CNCc1c(Br)nc(-c2cccnc2)n1C. The highest BCUT2D eigenvalue weighted by Gasteiger charge is 2.13. The molecule has 0 saturated heterocycles. The van der Waals surface area contributed by atoms with Crippen LogP contribution < -0.4 is 5.32 Å². The summed E-state index contributed by atoms with van der Waals surface area (Å²) in [4.78, 5) is 8.60. The van der Waals surface area contributed by atoms with E-state index < -0.39 is 0 Å². The number of rotatable bonds is 3. The average molecular weight is 281 g/mol. The van der Waals surface area contributed by atoms with Gasteiger partial charge in [-0.2, -0.15) is 0 Å². The number of aromatic nitrogens is 3. The first-order chi connectivity index (χ1) is 7.74. The van der Waals surface area contributed by atoms with Gasteiger partial charge in [-0.3, -0.25) is 4.98 Å². The van der Waals surface area contributed by atoms with Crippen LogP contribution >= 0.6 is 15.9 Å². The lowest BCUT2D eigenvalue weighted by atomic mass is 10.3. The van der Waals surface area contributed by atoms with Crippen LogP contribution in [-0.4, -0.2) is 21.6 Å². The lowest BCUT2D eigenvalue weighted by Crippen LogP contribution is -2.10. The van der Waals surface area contributed by atoms with Crippen molar-refractivity contribution < 1.29 is 0 Å². The Balaban J connectivity index is 2.47. The lowest BCUT2D eigenvalue weighted by molar-refractivity contribution is 0.734. The lowest BCUT2D eigenvalue weighted by Gasteiger charge is -2.05. The molecular formula is C11H13BrN4. The minimum atomic E-state index is 0.782. The molecule has 0 aliphatic carbocycles. The second kappa shape index (κ2) is 4.76. The van der Waals surface area contributed by atoms with E-state index in [0.29, 0.717) is 0 Å². The number of hydrogen-bond acceptors (Lipinski definition) is 3. The standard InChI is InChI=1S/C11H13BrN4/c1-13-7-9-10(12)15-11(16(9)2)8-4-3-5-14-6-8/h3-6,13H,7H2,1-2H3. The summed E-state index contributed by atoms with van der Waals surface area (Å²) in [6.45, 7) is 0.782. The molecule has 2 heterocycles. The van der Waals surface area contributed by atoms with E-state index in [1.807, 2.05) is 32.4 Å². The van der Waals surface area contributed by atoms with Gasteiger partial charge in [-0.25, -0.2) is 4.98 Å². The molecule has 1 N–H and O–H groups in total. The van der Waals surface area contributed by atoms with Gasteiger partial charge >= 0.3 is 0 Å². The van der Waals surface area contributed by atoms with Gasteiger partial charge in [-0.15, -0.1) is 0 Å². The summed E-state index contributed by atoms with van der Waals surface area (Å²) in [5.74, 6) is 0.922. The predicted octanol–water partition coefficient (Wildman–Crippen LogP) is 1.96. The van der Waals surface area contributed by atoms with Gasteiger partial charge in [0, 0.05) is 31.5 Å². The summed E-state index contributed by atoms with van der Waals surface area (Å²) in [6, 6.07) is 3.92. The fourth-order valence-corrected chi connectivity index (χ4v) is 2.19. The second-order valence-electron chi connectivity index (χ2n) is 3.50. The predicted molar refractivity (Wildman–Crippen MR) is 66.9 cm³/mol. The molecule has 5 heteroatoms. The molecular weight excluding hydrogens is 268 g/mol. The van der Waals surface area contributed by atoms with Crippen LogP contribution in [0, 0.1) is 0 Å². The Hall–Kier alpha value is -1.20. The number of pyridine rings is 1. The fraction of sp³-hybridized carbons (Fsp3) is 0.273. The van der Waals surface area contributed by atoms with Crippen molar-refractivity contribution in [2.45, 2.75) is 6.54 Å². The number of hydrogen-bond donors (Lipinski definition) is 1. The molecule has 0 aromatic carbocycles. The summed E-state index contributed by atoms with van der Waals surface area (Å²) in [5, 5.41) is 3.12. The second-order valence-corrected chi connectivity index (χ2v) is 4.26. The van der Waals surface area contributed by atoms with Crippen LogP contribution in [0.15, 0.2) is 29.1 Å². The van der Waals surface area contributed by atoms with Crippen molar-refractivity contribution in [3.05, 3.63) is 34.8 Å². The van der Waals surface area contributed by atoms with E-state index in [-0.39, 0.29) is 0 Å². The molecule has 84 valence electrons. The van der Waals surface area contributed by atoms with Gasteiger partial charge in [0.1, 0.15) is 10.4 Å². The van der Waals surface area contributed by atoms with Gasteiger partial charge in [-0.05, 0) is 35.1 Å². The van der Waals surface area contributed by atoms with E-state index in [0.717, 1.165) is 28.2 Å². The third-order valence-corrected chi connectivity index (χ3v) is 3.06. The first-order valence-corrected chi connectivity index (χ1v) is 5.79. The van der Waals surface area contributed by atoms with Crippen LogP contribution in [-0.2, 0) is 13.6 Å². The Morgan fingerprint density at radius 2 is 2.31 bits per heavy atom. The molecule has 0 spiro atoms. The summed E-state index contributed by atoms with van der Waals surface area (Å²) in [6.07, 6.45) is 3.58. The Morgan fingerprint density at radius 3 is 2.94 bits per heavy atom. The van der Waals surface area contributed by atoms with E-state index in [9.17, 15) is 0 Å². The first-order valence-electron chi connectivity index (χ1n) is 5.00. The summed E-state index contributed by atoms with van der Waals surface area (Å²) < 4.78 is 2.95. The topological polar surface area (TPSA) is 42.7 Å². The van der Waals surface area contributed by atoms with Crippen LogP contribution in [0.5, 0.6) is 0 Å². The van der Waals surface area contributed by atoms with Gasteiger partial charge < -0.3 is 9.88 Å². The van der Waals surface area contributed by atoms with E-state index in [2.05, 4.69) is 35.8 Å². The van der Waals surface area contributed by atoms with Crippen molar-refractivity contribution >= 4 is 15.9 Å². The maximum atomic E-state index is 4.50. The summed E-state index contributed by atoms with van der Waals surface area (Å²) in [5.41, 5.74) is 2.15. The van der Waals surface area contributed by atoms with E-state index >= 15 is 0 Å². The molecule has 2 aromatic rings. The number of nitrogens with one attached hydrogen (secondary N) is 1. The van der Waals surface area contributed by atoms with E-state index in [4.69, 9.17) is 0 Å². The highest BCUT2D eigenvalue weighted by molar-refractivity contribution is 9.10. The Morgan fingerprint density at radius 1 is 1.50 bits per heavy atom. The molecule has 0 saturated carbocycles. The number of halogens is 1. The molecule has 0 amide bonds. The highest BCUT2D eigenvalue weighted by Crippen LogP contribution is 2.23. The molecule has 4 nitrogen and oxygen atoms in total. The number of nitrogens with zero attached hydrogens (tertiary/aromatic N) is 3. The van der Waals surface area contributed by atoms with E-state index in [1.54, 1.807) is 6.20 Å². The maximum absolute atomic E-state index is 4.50. The zero-order valence-corrected chi connectivity index (χ0v) is 10.8. The van der Waals surface area contributed by atoms with Crippen molar-refractivity contribution in [2.24, 2.45) is 7.05 Å². The van der Waals surface area contributed by atoms with Crippen LogP contribution in [0.25, 0.3) is 11.4 Å². The average Bonchev–Trinajstić information content (AvgIpc) is 2.59. The van der Waals surface area contributed by atoms with Gasteiger partial charge in [0.05, 0.1) is 5.69 Å². The number of imidazole rings is 1. The minimum Gasteiger partial charge on any atom is -0.329 e. The van der Waals surface area contributed by atoms with Gasteiger partial charge in [0.25, 0.3) is 0 Å². The van der Waals surface area contributed by atoms with Crippen molar-refractivity contribution in [1.29, 1.82) is 0 Å². The summed E-state index contributed by atoms with van der Waals surface area (Å²) in [7, 11) is 3.93. The van der Waals surface area contributed by atoms with Gasteiger partial charge in [0.15, 0.2) is 0 Å². The van der Waals surface area contributed by atoms with Crippen molar-refractivity contribution in [2.75, 3.05) is 7.05 Å². The van der Waals surface area contributed by atoms with Crippen LogP contribution in [0.1, 0.15) is 5.69 Å². The third kappa shape index (κ3) is 2.01. The molecule has 0 bridgehead atoms. The highest BCUT2D eigenvalue weighted by atomic mass is 79.9. The monoisotopic (exact) mass is 280 g/mol. The van der Waals surface area contributed by atoms with E-state index in [1.165, 1.54) is 0 Å². The Labute approximate surface area is 103 Å². The normalized spacial score (nSPS) is 10.7. The quantitative estimate of drug-likeness (QED) is 0.935. The molecule has 0 atom stereocenters. The largest absolute Gasteiger partial charge is 0.329 e. The molecule has 0 aliphatic heterocycles. The van der Waals surface area contributed by atoms with Crippen LogP contribution in [0.2, 0.25) is 0 Å². The molecule has 0 radical (unpaired) electrons. The Kier molecular flexibility index (Phi) is 3.36.